The molecule has 4 aliphatic heterocycles. The van der Waals surface area contributed by atoms with E-state index in [9.17, 15) is 28.8 Å². The highest BCUT2D eigenvalue weighted by atomic mass is 16.6. The van der Waals surface area contributed by atoms with Crippen molar-refractivity contribution in [3.8, 4) is 0 Å². The number of ether oxygens (including phenoxy) is 2. The summed E-state index contributed by atoms with van der Waals surface area (Å²) in [6.45, 7) is 7.80. The van der Waals surface area contributed by atoms with Gasteiger partial charge in [0.05, 0.1) is 34.7 Å². The Morgan fingerprint density at radius 1 is 0.652 bits per heavy atom. The molecule has 2 N–H and O–H groups in total. The summed E-state index contributed by atoms with van der Waals surface area (Å²) in [5, 5.41) is 5.41. The lowest BCUT2D eigenvalue weighted by atomic mass is 9.80. The second-order valence-electron chi connectivity index (χ2n) is 13.2. The highest BCUT2D eigenvalue weighted by Gasteiger charge is 2.52. The molecule has 4 atom stereocenters. The summed E-state index contributed by atoms with van der Waals surface area (Å²) in [5.74, 6) is -2.11. The quantitative estimate of drug-likeness (QED) is 0.494. The van der Waals surface area contributed by atoms with E-state index in [0.29, 0.717) is 12.8 Å². The first-order valence-corrected chi connectivity index (χ1v) is 15.5. The van der Waals surface area contributed by atoms with E-state index in [1.807, 2.05) is 60.7 Å². The summed E-state index contributed by atoms with van der Waals surface area (Å²) < 4.78 is 10.2. The number of nitrogens with one attached hydrogen (secondary N) is 2. The third-order valence-electron chi connectivity index (χ3n) is 9.47. The smallest absolute Gasteiger partial charge is 0.416 e. The first-order chi connectivity index (χ1) is 21.8. The van der Waals surface area contributed by atoms with Crippen LogP contribution in [0.5, 0.6) is 0 Å². The molecule has 12 heteroatoms. The second kappa shape index (κ2) is 12.9. The molecular weight excluding hydrogens is 592 g/mol. The Kier molecular flexibility index (Phi) is 9.18. The fourth-order valence-electron chi connectivity index (χ4n) is 6.33. The lowest BCUT2D eigenvalue weighted by molar-refractivity contribution is -0.140. The molecule has 0 aliphatic carbocycles. The van der Waals surface area contributed by atoms with Gasteiger partial charge in [0.2, 0.25) is 23.6 Å². The predicted molar refractivity (Wildman–Crippen MR) is 165 cm³/mol. The van der Waals surface area contributed by atoms with E-state index in [0.717, 1.165) is 11.1 Å². The van der Waals surface area contributed by atoms with Gasteiger partial charge in [-0.25, -0.2) is 19.4 Å². The molecule has 4 aliphatic rings. The van der Waals surface area contributed by atoms with Crippen molar-refractivity contribution in [2.45, 2.75) is 52.6 Å². The van der Waals surface area contributed by atoms with Crippen LogP contribution < -0.4 is 10.6 Å². The van der Waals surface area contributed by atoms with Crippen molar-refractivity contribution in [3.63, 3.8) is 0 Å². The maximum absolute atomic E-state index is 12.9. The van der Waals surface area contributed by atoms with Crippen LogP contribution in [0.15, 0.2) is 60.7 Å². The number of cyclic esters (lactones) is 2. The van der Waals surface area contributed by atoms with Gasteiger partial charge in [0.25, 0.3) is 0 Å². The fourth-order valence-corrected chi connectivity index (χ4v) is 6.33. The van der Waals surface area contributed by atoms with Crippen LogP contribution >= 0.6 is 0 Å². The third kappa shape index (κ3) is 6.33. The van der Waals surface area contributed by atoms with Gasteiger partial charge < -0.3 is 20.1 Å². The molecule has 244 valence electrons. The van der Waals surface area contributed by atoms with Gasteiger partial charge in [-0.15, -0.1) is 0 Å². The van der Waals surface area contributed by atoms with E-state index < -0.39 is 34.9 Å². The van der Waals surface area contributed by atoms with E-state index >= 15 is 0 Å². The maximum atomic E-state index is 12.9. The number of hydrogen-bond acceptors (Lipinski definition) is 8. The van der Waals surface area contributed by atoms with Crippen molar-refractivity contribution in [2.24, 2.45) is 22.7 Å². The van der Waals surface area contributed by atoms with Crippen LogP contribution in [-0.2, 0) is 41.5 Å². The van der Waals surface area contributed by atoms with Crippen molar-refractivity contribution in [1.82, 2.24) is 20.4 Å². The number of carbonyl (C=O) groups is 6. The SMILES string of the molecule is CC1(C)C(=O)NC[C@@H]1C(=O)N1C(=O)OCC1Cc1ccccc1.CC1(C)C(=O)NC[C@H]1C(=O)N1C(=O)OC[C@H]1Cc1ccccc1. The molecule has 6 rings (SSSR count). The highest BCUT2D eigenvalue weighted by molar-refractivity contribution is 6.01. The van der Waals surface area contributed by atoms with E-state index in [1.54, 1.807) is 27.7 Å². The summed E-state index contributed by atoms with van der Waals surface area (Å²) in [6.07, 6.45) is -0.142. The number of carbonyl (C=O) groups excluding carboxylic acids is 6. The number of nitrogens with zero attached hydrogens (tertiary/aromatic N) is 2. The van der Waals surface area contributed by atoms with Crippen LogP contribution in [0.3, 0.4) is 0 Å². The fraction of sp³-hybridized carbons (Fsp3) is 0.471. The number of amides is 6. The molecular formula is C34H40N4O8. The topological polar surface area (TPSA) is 151 Å². The van der Waals surface area contributed by atoms with Gasteiger partial charge in [-0.3, -0.25) is 19.2 Å². The molecule has 2 aromatic rings. The van der Waals surface area contributed by atoms with Crippen LogP contribution in [-0.4, -0.2) is 84.0 Å². The summed E-state index contributed by atoms with van der Waals surface area (Å²) in [5.41, 5.74) is 0.427. The zero-order valence-electron chi connectivity index (χ0n) is 26.5. The minimum Gasteiger partial charge on any atom is -0.447 e. The van der Waals surface area contributed by atoms with Crippen molar-refractivity contribution in [2.75, 3.05) is 26.3 Å². The molecule has 6 amide bonds. The van der Waals surface area contributed by atoms with Gasteiger partial charge in [0.15, 0.2) is 0 Å². The zero-order valence-corrected chi connectivity index (χ0v) is 26.5. The van der Waals surface area contributed by atoms with E-state index in [4.69, 9.17) is 9.47 Å². The molecule has 0 spiro atoms. The Hall–Kier alpha value is -4.74. The zero-order chi connectivity index (χ0) is 33.2. The van der Waals surface area contributed by atoms with Gasteiger partial charge in [-0.2, -0.15) is 0 Å². The molecule has 0 radical (unpaired) electrons. The second-order valence-corrected chi connectivity index (χ2v) is 13.2. The first kappa shape index (κ1) is 32.6. The summed E-state index contributed by atoms with van der Waals surface area (Å²) in [7, 11) is 0. The van der Waals surface area contributed by atoms with E-state index in [1.165, 1.54) is 9.80 Å². The normalized spacial score (nSPS) is 26.1. The Morgan fingerprint density at radius 2 is 1.00 bits per heavy atom. The van der Waals surface area contributed by atoms with Gasteiger partial charge in [-0.1, -0.05) is 88.4 Å². The standard InChI is InChI=1S/2C17H20N2O4/c2*1-17(2)13(9-18-15(17)21)14(20)19-12(10-23-16(19)22)8-11-6-4-3-5-7-11/h2*3-7,12-13H,8-10H2,1-2H3,(H,18,21)/t12?,13-;12-,13+/m11/s1. The Morgan fingerprint density at radius 3 is 1.30 bits per heavy atom. The minimum absolute atomic E-state index is 0.164. The van der Waals surface area contributed by atoms with Crippen LogP contribution in [0.2, 0.25) is 0 Å². The molecule has 12 nitrogen and oxygen atoms in total. The van der Waals surface area contributed by atoms with Crippen LogP contribution in [0.4, 0.5) is 9.59 Å². The summed E-state index contributed by atoms with van der Waals surface area (Å²) >= 11 is 0. The van der Waals surface area contributed by atoms with E-state index in [2.05, 4.69) is 10.6 Å². The van der Waals surface area contributed by atoms with Gasteiger partial charge in [0, 0.05) is 13.1 Å². The average Bonchev–Trinajstić information content (AvgIpc) is 3.73. The molecule has 4 heterocycles. The number of benzene rings is 2. The largest absolute Gasteiger partial charge is 0.447 e. The van der Waals surface area contributed by atoms with Crippen LogP contribution in [0, 0.1) is 22.7 Å². The van der Waals surface area contributed by atoms with Crippen molar-refractivity contribution < 1.29 is 38.2 Å². The third-order valence-corrected chi connectivity index (χ3v) is 9.47. The Labute approximate surface area is 267 Å². The van der Waals surface area contributed by atoms with E-state index in [-0.39, 0.29) is 62.0 Å². The molecule has 0 saturated carbocycles. The molecule has 0 bridgehead atoms. The molecule has 1 unspecified atom stereocenters. The van der Waals surface area contributed by atoms with Crippen LogP contribution in [0.25, 0.3) is 0 Å². The monoisotopic (exact) mass is 632 g/mol. The Bertz CT molecular complexity index is 1400. The molecule has 4 fully saturated rings. The number of rotatable bonds is 6. The highest BCUT2D eigenvalue weighted by Crippen LogP contribution is 2.36. The average molecular weight is 633 g/mol. The Balaban J connectivity index is 0.000000181. The molecule has 46 heavy (non-hydrogen) atoms. The van der Waals surface area contributed by atoms with Crippen molar-refractivity contribution in [1.29, 1.82) is 0 Å². The lowest BCUT2D eigenvalue weighted by Gasteiger charge is -2.28. The molecule has 0 aromatic heterocycles. The van der Waals surface area contributed by atoms with Crippen LogP contribution in [0.1, 0.15) is 38.8 Å². The molecule has 2 aromatic carbocycles. The van der Waals surface area contributed by atoms with Crippen molar-refractivity contribution in [3.05, 3.63) is 71.8 Å². The maximum Gasteiger partial charge on any atom is 0.416 e. The summed E-state index contributed by atoms with van der Waals surface area (Å²) in [4.78, 5) is 75.9. The lowest BCUT2D eigenvalue weighted by Crippen LogP contribution is -2.47. The van der Waals surface area contributed by atoms with Gasteiger partial charge in [-0.05, 0) is 24.0 Å². The molecule has 4 saturated heterocycles. The number of hydrogen-bond donors (Lipinski definition) is 2. The number of imide groups is 2. The minimum atomic E-state index is -0.822. The van der Waals surface area contributed by atoms with Gasteiger partial charge >= 0.3 is 12.2 Å². The first-order valence-electron chi connectivity index (χ1n) is 15.5. The summed E-state index contributed by atoms with van der Waals surface area (Å²) in [6, 6.07) is 18.7. The van der Waals surface area contributed by atoms with Gasteiger partial charge in [0.1, 0.15) is 13.2 Å². The predicted octanol–water partition coefficient (Wildman–Crippen LogP) is 2.70. The van der Waals surface area contributed by atoms with Crippen molar-refractivity contribution >= 4 is 35.8 Å².